The van der Waals surface area contributed by atoms with Gasteiger partial charge in [0.05, 0.1) is 24.5 Å². The third kappa shape index (κ3) is 10.4. The van der Waals surface area contributed by atoms with Crippen LogP contribution in [-0.2, 0) is 33.3 Å². The monoisotopic (exact) mass is 1020 g/mol. The van der Waals surface area contributed by atoms with Crippen LogP contribution in [0.4, 0.5) is 11.4 Å². The Morgan fingerprint density at radius 1 is 0.618 bits per heavy atom. The van der Waals surface area contributed by atoms with Crippen molar-refractivity contribution in [2.75, 3.05) is 9.80 Å². The molecule has 0 fully saturated rings. The lowest BCUT2D eigenvalue weighted by atomic mass is 9.87. The lowest BCUT2D eigenvalue weighted by Crippen LogP contribution is -2.47. The van der Waals surface area contributed by atoms with Crippen LogP contribution in [0.25, 0.3) is 0 Å². The predicted molar refractivity (Wildman–Crippen MR) is 288 cm³/mol. The number of nitrogens with zero attached hydrogens (tertiary/aromatic N) is 6. The number of aromatic nitrogens is 6. The number of H-pyrrole nitrogens is 2. The fourth-order valence-corrected chi connectivity index (χ4v) is 10.2. The number of pyridine rings is 2. The molecule has 16 heteroatoms. The molecule has 10 rings (SSSR count). The molecule has 4 aromatic heterocycles. The van der Waals surface area contributed by atoms with Crippen molar-refractivity contribution in [3.63, 3.8) is 0 Å². The lowest BCUT2D eigenvalue weighted by Gasteiger charge is -2.33. The summed E-state index contributed by atoms with van der Waals surface area (Å²) < 4.78 is 6.67. The van der Waals surface area contributed by atoms with Crippen LogP contribution in [0.2, 0.25) is 0 Å². The summed E-state index contributed by atoms with van der Waals surface area (Å²) in [4.78, 5) is 86.7. The molecule has 2 unspecified atom stereocenters. The molecule has 4 aromatic carbocycles. The van der Waals surface area contributed by atoms with Gasteiger partial charge in [-0.25, -0.2) is 4.98 Å². The minimum atomic E-state index is -1.27. The van der Waals surface area contributed by atoms with Crippen molar-refractivity contribution in [3.8, 4) is 6.01 Å². The van der Waals surface area contributed by atoms with Gasteiger partial charge in [-0.2, -0.15) is 4.98 Å². The van der Waals surface area contributed by atoms with Gasteiger partial charge in [0.25, 0.3) is 17.8 Å². The number of aromatic amines is 2. The molecule has 6 atom stereocenters. The molecular weight excluding hydrogens is 957 g/mol. The highest BCUT2D eigenvalue weighted by Gasteiger charge is 2.42. The molecule has 2 aliphatic rings. The van der Waals surface area contributed by atoms with Gasteiger partial charge in [0.2, 0.25) is 11.8 Å². The summed E-state index contributed by atoms with van der Waals surface area (Å²) in [6.07, 6.45) is 9.74. The highest BCUT2D eigenvalue weighted by atomic mass is 16.5. The van der Waals surface area contributed by atoms with Gasteiger partial charge < -0.3 is 30.4 Å². The van der Waals surface area contributed by atoms with Gasteiger partial charge in [0, 0.05) is 72.5 Å². The number of fused-ring (bicyclic) bond motifs is 2. The zero-order chi connectivity index (χ0) is 53.3. The molecule has 76 heavy (non-hydrogen) atoms. The van der Waals surface area contributed by atoms with Crippen LogP contribution in [0.1, 0.15) is 131 Å². The molecule has 0 aliphatic heterocycles. The maximum Gasteiger partial charge on any atom is 0.294 e. The Morgan fingerprint density at radius 2 is 1.12 bits per heavy atom. The van der Waals surface area contributed by atoms with E-state index in [1.54, 1.807) is 49.1 Å². The number of rotatable bonds is 14. The molecule has 386 valence electrons. The number of benzene rings is 4. The Kier molecular flexibility index (Phi) is 13.9. The van der Waals surface area contributed by atoms with Crippen molar-refractivity contribution in [3.05, 3.63) is 221 Å². The molecule has 5 N–H and O–H groups in total. The number of carbonyl (C=O) groups excluding carboxylic acids is 4. The molecular formula is C60H60N10O6. The first kappa shape index (κ1) is 50.8. The first-order valence-electron chi connectivity index (χ1n) is 25.4. The van der Waals surface area contributed by atoms with Crippen molar-refractivity contribution in [1.29, 1.82) is 0 Å². The number of hydrogen-bond donors (Lipinski definition) is 5. The number of aliphatic hydroxyl groups excluding tert-OH is 1. The summed E-state index contributed by atoms with van der Waals surface area (Å²) in [5.74, 6) is -2.18. The number of amides is 4. The third-order valence-corrected chi connectivity index (χ3v) is 14.2. The van der Waals surface area contributed by atoms with Crippen LogP contribution in [0.15, 0.2) is 165 Å². The molecule has 4 amide bonds. The van der Waals surface area contributed by atoms with Gasteiger partial charge in [-0.05, 0) is 80.6 Å². The molecule has 0 saturated carbocycles. The average molecular weight is 1020 g/mol. The minimum absolute atomic E-state index is 0.00502. The Balaban J connectivity index is 0.981. The SMILES string of the molecule is CC(C)(C)c1ccc(N(C(=O)c2c[nH]c(O[C@H]3Cc4ccccc4[C@@H]3NC(=O)C(c3cccnc3)N(C(=O)c3c[nH]cn3)c3ccc(C(C)(C)C)cc3)n2)C(C(=O)N[C@@H]2c3ccccc3C[C@@H]2O)c2cccnc2)cc1. The number of nitrogens with one attached hydrogen (secondary N) is 4. The molecule has 16 nitrogen and oxygen atoms in total. The first-order valence-corrected chi connectivity index (χ1v) is 25.4. The molecule has 4 heterocycles. The van der Waals surface area contributed by atoms with Crippen molar-refractivity contribution in [2.45, 2.75) is 102 Å². The lowest BCUT2D eigenvalue weighted by molar-refractivity contribution is -0.124. The predicted octanol–water partition coefficient (Wildman–Crippen LogP) is 8.93. The van der Waals surface area contributed by atoms with E-state index in [-0.39, 0.29) is 28.2 Å². The van der Waals surface area contributed by atoms with Crippen LogP contribution >= 0.6 is 0 Å². The van der Waals surface area contributed by atoms with Gasteiger partial charge in [0.15, 0.2) is 5.69 Å². The second kappa shape index (κ2) is 20.9. The maximum absolute atomic E-state index is 15.3. The fourth-order valence-electron chi connectivity index (χ4n) is 10.2. The largest absolute Gasteiger partial charge is 0.459 e. The average Bonchev–Trinajstić information content (AvgIpc) is 4.26. The summed E-state index contributed by atoms with van der Waals surface area (Å²) in [5.41, 5.74) is 6.98. The van der Waals surface area contributed by atoms with E-state index in [4.69, 9.17) is 9.72 Å². The summed E-state index contributed by atoms with van der Waals surface area (Å²) in [5, 5.41) is 17.6. The number of imidazole rings is 2. The minimum Gasteiger partial charge on any atom is -0.459 e. The number of carbonyl (C=O) groups is 4. The van der Waals surface area contributed by atoms with E-state index in [0.29, 0.717) is 35.3 Å². The summed E-state index contributed by atoms with van der Waals surface area (Å²) in [6, 6.07) is 33.3. The van der Waals surface area contributed by atoms with Crippen LogP contribution in [0.5, 0.6) is 6.01 Å². The van der Waals surface area contributed by atoms with E-state index in [1.165, 1.54) is 28.5 Å². The molecule has 0 saturated heterocycles. The van der Waals surface area contributed by atoms with Crippen LogP contribution in [0.3, 0.4) is 0 Å². The standard InChI is InChI=1S/C60H60N10O6/c1-59(2,3)40-19-23-42(24-20-40)69(56(74)46-33-63-35-65-46)53(39-16-12-28-62-32-39)55(73)68-51-45-18-10-8-14-37(45)30-49(51)76-58-64-34-47(66-58)57(75)70(43-25-21-41(22-26-43)60(4,5)6)52(38-15-11-27-61-31-38)54(72)67-50-44-17-9-7-13-36(44)29-48(50)71/h7-28,31-35,48-53,71H,29-30H2,1-6H3,(H,63,65)(H,64,66)(H,67,72)(H,68,73)/t48-,49-,50+,51-,52?,53?/m0/s1. The molecule has 0 spiro atoms. The molecule has 2 aliphatic carbocycles. The van der Waals surface area contributed by atoms with Gasteiger partial charge in [-0.3, -0.25) is 38.9 Å². The second-order valence-electron chi connectivity index (χ2n) is 21.4. The van der Waals surface area contributed by atoms with Gasteiger partial charge >= 0.3 is 0 Å². The Hall–Kier alpha value is -8.76. The van der Waals surface area contributed by atoms with Crippen LogP contribution < -0.4 is 25.2 Å². The quantitative estimate of drug-likeness (QED) is 0.0698. The van der Waals surface area contributed by atoms with E-state index in [1.807, 2.05) is 97.1 Å². The zero-order valence-corrected chi connectivity index (χ0v) is 43.1. The normalized spacial score (nSPS) is 17.7. The summed E-state index contributed by atoms with van der Waals surface area (Å²) >= 11 is 0. The van der Waals surface area contributed by atoms with E-state index >= 15 is 9.59 Å². The summed E-state index contributed by atoms with van der Waals surface area (Å²) in [7, 11) is 0. The maximum atomic E-state index is 15.3. The van der Waals surface area contributed by atoms with Crippen molar-refractivity contribution in [1.82, 2.24) is 40.5 Å². The third-order valence-electron chi connectivity index (χ3n) is 14.2. The van der Waals surface area contributed by atoms with Gasteiger partial charge in [-0.15, -0.1) is 0 Å². The highest BCUT2D eigenvalue weighted by molar-refractivity contribution is 6.10. The topological polar surface area (TPSA) is 211 Å². The number of hydrogen-bond acceptors (Lipinski definition) is 10. The van der Waals surface area contributed by atoms with E-state index in [0.717, 1.165) is 33.4 Å². The number of ether oxygens (including phenoxy) is 1. The van der Waals surface area contributed by atoms with Crippen LogP contribution in [-0.4, -0.2) is 70.8 Å². The number of anilines is 2. The van der Waals surface area contributed by atoms with E-state index in [2.05, 4.69) is 77.1 Å². The fraction of sp³-hybridized carbons (Fsp3) is 0.267. The van der Waals surface area contributed by atoms with Crippen molar-refractivity contribution < 1.29 is 29.0 Å². The zero-order valence-electron chi connectivity index (χ0n) is 43.1. The highest BCUT2D eigenvalue weighted by Crippen LogP contribution is 2.39. The molecule has 8 aromatic rings. The Labute approximate surface area is 441 Å². The smallest absolute Gasteiger partial charge is 0.294 e. The van der Waals surface area contributed by atoms with Crippen LogP contribution in [0, 0.1) is 0 Å². The number of aliphatic hydroxyl groups is 1. The van der Waals surface area contributed by atoms with Gasteiger partial charge in [0.1, 0.15) is 23.9 Å². The van der Waals surface area contributed by atoms with Gasteiger partial charge in [-0.1, -0.05) is 126 Å². The van der Waals surface area contributed by atoms with Crippen molar-refractivity contribution in [2.24, 2.45) is 0 Å². The summed E-state index contributed by atoms with van der Waals surface area (Å²) in [6.45, 7) is 12.6. The van der Waals surface area contributed by atoms with E-state index < -0.39 is 60.0 Å². The van der Waals surface area contributed by atoms with E-state index in [9.17, 15) is 14.7 Å². The Bertz CT molecular complexity index is 3350. The Morgan fingerprint density at radius 3 is 1.62 bits per heavy atom. The molecule has 0 radical (unpaired) electrons. The first-order chi connectivity index (χ1) is 36.5. The molecule has 0 bridgehead atoms. The van der Waals surface area contributed by atoms with Crippen molar-refractivity contribution >= 4 is 35.0 Å². The second-order valence-corrected chi connectivity index (χ2v) is 21.4.